The zero-order chi connectivity index (χ0) is 47.7. The molecule has 2 aliphatic rings. The molecule has 0 spiro atoms. The Balaban J connectivity index is 0.000000811. The lowest BCUT2D eigenvalue weighted by Crippen LogP contribution is -2.71. The minimum Gasteiger partial charge on any atom is -0.506 e. The predicted molar refractivity (Wildman–Crippen MR) is 198 cm³/mol. The van der Waals surface area contributed by atoms with Crippen LogP contribution in [0.25, 0.3) is 0 Å². The maximum absolute atomic E-state index is 13.2. The van der Waals surface area contributed by atoms with Crippen molar-refractivity contribution in [2.24, 2.45) is 10.9 Å². The molecule has 2 atom stereocenters. The van der Waals surface area contributed by atoms with Gasteiger partial charge in [-0.3, -0.25) is 19.2 Å². The number of ether oxygens (including phenoxy) is 1. The average molecular weight is 956 g/mol. The number of nitrogens with zero attached hydrogens (tertiary/aromatic N) is 3. The number of anilines is 2. The van der Waals surface area contributed by atoms with E-state index >= 15 is 0 Å². The van der Waals surface area contributed by atoms with Crippen LogP contribution in [0.2, 0.25) is 0 Å². The Morgan fingerprint density at radius 2 is 1.56 bits per heavy atom. The highest BCUT2D eigenvalue weighted by molar-refractivity contribution is 8.00. The molecular formula is C30H31F6N7O16S3. The smallest absolute Gasteiger partial charge is 0.490 e. The molecule has 1 aromatic heterocycles. The van der Waals surface area contributed by atoms with E-state index in [4.69, 9.17) is 40.8 Å². The molecular weight excluding hydrogens is 925 g/mol. The Hall–Kier alpha value is -6.41. The van der Waals surface area contributed by atoms with Crippen molar-refractivity contribution in [1.82, 2.24) is 15.2 Å². The molecule has 0 radical (unpaired) electrons. The standard InChI is InChI=1S/C26H29N7O12S3.2C2HF3O2/c1-26(2,24(40)41)45-31-16(14-10-47-25(28)29-14)19(35)30-17-20(36)33-18(22(37)38)12(9-46-21(17)33)8-44-23(39)11-3-4-13(15(34)7-11)32-48(42,43)6-5-27;2*3-2(4,5)1(6)7/h3-4,7,10,17,21,32,34H,5-6,8-9,27H2,1-2H3,(H2,28,29)(H,30,35)(H,37,38)(H,40,41);2*(H,6,7)/t17?,21-;;/m0../s1. The number of phenols is 1. The molecule has 0 aliphatic carbocycles. The summed E-state index contributed by atoms with van der Waals surface area (Å²) in [5, 5.41) is 50.4. The molecule has 1 fully saturated rings. The molecule has 0 saturated carbocycles. The van der Waals surface area contributed by atoms with Gasteiger partial charge in [0.05, 0.1) is 17.0 Å². The van der Waals surface area contributed by atoms with Crippen molar-refractivity contribution < 1.29 is 103 Å². The molecule has 4 rings (SSSR count). The number of hydrogen-bond donors (Lipinski definition) is 9. The number of carbonyl (C=O) groups excluding carboxylic acids is 3. The van der Waals surface area contributed by atoms with Crippen molar-refractivity contribution in [2.75, 3.05) is 35.1 Å². The molecule has 2 aliphatic heterocycles. The van der Waals surface area contributed by atoms with E-state index in [0.29, 0.717) is 0 Å². The Morgan fingerprint density at radius 3 is 2.02 bits per heavy atom. The quantitative estimate of drug-likeness (QED) is 0.0312. The van der Waals surface area contributed by atoms with Gasteiger partial charge < -0.3 is 51.9 Å². The summed E-state index contributed by atoms with van der Waals surface area (Å²) in [5.41, 5.74) is 7.80. The molecule has 2 amide bonds. The molecule has 23 nitrogen and oxygen atoms in total. The number of halogens is 6. The number of carboxylic acid groups (broad SMARTS) is 4. The number of aromatic nitrogens is 1. The number of thiazole rings is 1. The molecule has 32 heteroatoms. The zero-order valence-corrected chi connectivity index (χ0v) is 33.5. The number of sulfonamides is 1. The van der Waals surface area contributed by atoms with E-state index in [-0.39, 0.29) is 39.9 Å². The summed E-state index contributed by atoms with van der Waals surface area (Å²) in [5.74, 6) is -12.1. The van der Waals surface area contributed by atoms with E-state index in [2.05, 4.69) is 20.2 Å². The third-order valence-electron chi connectivity index (χ3n) is 7.14. The first-order chi connectivity index (χ1) is 28.3. The number of nitrogens with one attached hydrogen (secondary N) is 2. The van der Waals surface area contributed by atoms with E-state index < -0.39 is 111 Å². The summed E-state index contributed by atoms with van der Waals surface area (Å²) in [6.07, 6.45) is -10.2. The number of rotatable bonds is 14. The molecule has 3 heterocycles. The van der Waals surface area contributed by atoms with E-state index in [9.17, 15) is 74.1 Å². The van der Waals surface area contributed by atoms with Crippen LogP contribution in [0.15, 0.2) is 40.0 Å². The van der Waals surface area contributed by atoms with Crippen molar-refractivity contribution in [3.8, 4) is 5.75 Å². The van der Waals surface area contributed by atoms with Crippen LogP contribution >= 0.6 is 23.1 Å². The number of aromatic hydroxyl groups is 1. The Morgan fingerprint density at radius 1 is 1.00 bits per heavy atom. The highest BCUT2D eigenvalue weighted by atomic mass is 32.2. The molecule has 2 aromatic rings. The number of nitrogens with two attached hydrogens (primary N) is 2. The van der Waals surface area contributed by atoms with Gasteiger partial charge in [-0.2, -0.15) is 26.3 Å². The number of β-lactam (4-membered cyclic amide) rings is 1. The number of carboxylic acids is 4. The maximum atomic E-state index is 13.2. The lowest BCUT2D eigenvalue weighted by atomic mass is 10.0. The number of fused-ring (bicyclic) bond motifs is 1. The van der Waals surface area contributed by atoms with Gasteiger partial charge in [0, 0.05) is 23.3 Å². The SMILES string of the molecule is CC(C)(ON=C(C(=O)NC1C(=O)N2C(C(=O)O)=C(COC(=O)c3ccc(NS(=O)(=O)CCN)c(O)c3)CS[C@@H]12)c1csc(N)n1)C(=O)O.O=C(O)C(F)(F)F.O=C(O)C(F)(F)F. The van der Waals surface area contributed by atoms with E-state index in [1.165, 1.54) is 25.3 Å². The van der Waals surface area contributed by atoms with Gasteiger partial charge in [0.2, 0.25) is 15.6 Å². The summed E-state index contributed by atoms with van der Waals surface area (Å²) >= 11 is 2.04. The largest absolute Gasteiger partial charge is 0.506 e. The van der Waals surface area contributed by atoms with Crippen LogP contribution in [0.1, 0.15) is 29.9 Å². The van der Waals surface area contributed by atoms with Crippen molar-refractivity contribution in [3.05, 3.63) is 46.1 Å². The number of phenolic OH excluding ortho intramolecular Hbond substituents is 1. The van der Waals surface area contributed by atoms with Crippen LogP contribution in [0.4, 0.5) is 37.2 Å². The minimum atomic E-state index is -5.08. The summed E-state index contributed by atoms with van der Waals surface area (Å²) in [6.45, 7) is 1.68. The fourth-order valence-electron chi connectivity index (χ4n) is 4.16. The number of hydrogen-bond acceptors (Lipinski definition) is 18. The summed E-state index contributed by atoms with van der Waals surface area (Å²) < 4.78 is 94.7. The third kappa shape index (κ3) is 14.1. The predicted octanol–water partition coefficient (Wildman–Crippen LogP) is 0.577. The second-order valence-electron chi connectivity index (χ2n) is 12.2. The second kappa shape index (κ2) is 20.4. The van der Waals surface area contributed by atoms with Gasteiger partial charge in [-0.25, -0.2) is 37.4 Å². The van der Waals surface area contributed by atoms with Gasteiger partial charge in [0.25, 0.3) is 11.8 Å². The Bertz CT molecular complexity index is 2240. The average Bonchev–Trinajstić information content (AvgIpc) is 3.58. The van der Waals surface area contributed by atoms with Gasteiger partial charge in [-0.05, 0) is 32.0 Å². The van der Waals surface area contributed by atoms with E-state index in [1.54, 1.807) is 0 Å². The third-order valence-corrected chi connectivity index (χ3v) is 10.5. The second-order valence-corrected chi connectivity index (χ2v) is 16.0. The fraction of sp³-hybridized carbons (Fsp3) is 0.367. The van der Waals surface area contributed by atoms with Crippen LogP contribution in [0.3, 0.4) is 0 Å². The Kier molecular flexibility index (Phi) is 17.0. The van der Waals surface area contributed by atoms with Gasteiger partial charge in [0.1, 0.15) is 35.2 Å². The van der Waals surface area contributed by atoms with Crippen LogP contribution in [0.5, 0.6) is 5.75 Å². The fourth-order valence-corrected chi connectivity index (χ4v) is 6.95. The summed E-state index contributed by atoms with van der Waals surface area (Å²) in [4.78, 5) is 90.5. The number of carbonyl (C=O) groups is 7. The van der Waals surface area contributed by atoms with Crippen LogP contribution in [-0.2, 0) is 48.4 Å². The lowest BCUT2D eigenvalue weighted by molar-refractivity contribution is -0.193. The number of thioether (sulfide) groups is 1. The first-order valence-electron chi connectivity index (χ1n) is 16.1. The number of alkyl halides is 6. The number of nitrogen functional groups attached to an aromatic ring is 1. The molecule has 0 bridgehead atoms. The minimum absolute atomic E-state index is 0.0255. The maximum Gasteiger partial charge on any atom is 0.490 e. The number of oxime groups is 1. The molecule has 1 unspecified atom stereocenters. The molecule has 11 N–H and O–H groups in total. The van der Waals surface area contributed by atoms with Crippen molar-refractivity contribution in [2.45, 2.75) is 43.2 Å². The highest BCUT2D eigenvalue weighted by Crippen LogP contribution is 2.40. The van der Waals surface area contributed by atoms with E-state index in [1.807, 2.05) is 0 Å². The topological polar surface area (TPSA) is 378 Å². The Labute approximate surface area is 350 Å². The zero-order valence-electron chi connectivity index (χ0n) is 31.0. The van der Waals surface area contributed by atoms with Crippen LogP contribution < -0.4 is 21.5 Å². The molecule has 1 saturated heterocycles. The van der Waals surface area contributed by atoms with Crippen LogP contribution in [0, 0.1) is 0 Å². The van der Waals surface area contributed by atoms with Crippen molar-refractivity contribution >= 4 is 91.3 Å². The molecule has 1 aromatic carbocycles. The van der Waals surface area contributed by atoms with Gasteiger partial charge in [0.15, 0.2) is 10.8 Å². The van der Waals surface area contributed by atoms with Gasteiger partial charge >= 0.3 is 42.2 Å². The van der Waals surface area contributed by atoms with E-state index in [0.717, 1.165) is 40.1 Å². The first-order valence-corrected chi connectivity index (χ1v) is 19.6. The highest BCUT2D eigenvalue weighted by Gasteiger charge is 2.54. The van der Waals surface area contributed by atoms with Crippen LogP contribution in [-0.4, -0.2) is 145 Å². The van der Waals surface area contributed by atoms with Crippen molar-refractivity contribution in [3.63, 3.8) is 0 Å². The monoisotopic (exact) mass is 955 g/mol. The van der Waals surface area contributed by atoms with Gasteiger partial charge in [-0.15, -0.1) is 23.1 Å². The molecule has 342 valence electrons. The lowest BCUT2D eigenvalue weighted by Gasteiger charge is -2.49. The summed E-state index contributed by atoms with van der Waals surface area (Å²) in [6, 6.07) is 2.05. The normalized spacial score (nSPS) is 16.5. The first kappa shape index (κ1) is 51.7. The van der Waals surface area contributed by atoms with Crippen molar-refractivity contribution in [1.29, 1.82) is 0 Å². The molecule has 62 heavy (non-hydrogen) atoms. The number of aliphatic carboxylic acids is 4. The summed E-state index contributed by atoms with van der Waals surface area (Å²) in [7, 11) is -3.83. The van der Waals surface area contributed by atoms with Gasteiger partial charge in [-0.1, -0.05) is 5.16 Å². The number of amides is 2. The number of benzene rings is 1. The number of esters is 1.